The number of hydrogen-bond acceptors (Lipinski definition) is 5. The first-order valence-electron chi connectivity index (χ1n) is 6.50. The van der Waals surface area contributed by atoms with Gasteiger partial charge in [0.05, 0.1) is 0 Å². The van der Waals surface area contributed by atoms with Crippen LogP contribution in [-0.2, 0) is 0 Å². The van der Waals surface area contributed by atoms with Crippen molar-refractivity contribution in [2.75, 3.05) is 17.7 Å². The van der Waals surface area contributed by atoms with E-state index in [0.29, 0.717) is 12.0 Å². The maximum absolute atomic E-state index is 5.81. The number of anilines is 2. The summed E-state index contributed by atoms with van der Waals surface area (Å²) in [5, 5.41) is 0.159. The molecule has 0 atom stereocenters. The first-order chi connectivity index (χ1) is 8.60. The lowest BCUT2D eigenvalue weighted by Gasteiger charge is -2.34. The molecule has 1 aliphatic rings. The summed E-state index contributed by atoms with van der Waals surface area (Å²) in [6.07, 6.45) is 6.19. The Morgan fingerprint density at radius 2 is 1.89 bits per heavy atom. The Hall–Kier alpha value is -1.10. The van der Waals surface area contributed by atoms with Gasteiger partial charge in [-0.05, 0) is 43.2 Å². The number of nitrogen functional groups attached to an aromatic ring is 1. The lowest BCUT2D eigenvalue weighted by molar-refractivity contribution is 0.312. The van der Waals surface area contributed by atoms with Crippen LogP contribution in [0.15, 0.2) is 0 Å². The van der Waals surface area contributed by atoms with Gasteiger partial charge in [-0.15, -0.1) is 0 Å². The molecule has 2 rings (SSSR count). The van der Waals surface area contributed by atoms with Crippen LogP contribution in [0.5, 0.6) is 0 Å². The SMILES string of the molecule is CCC1CCC(N(C)c2nc(N)nc(Cl)n2)CC1. The van der Waals surface area contributed by atoms with E-state index >= 15 is 0 Å². The van der Waals surface area contributed by atoms with Crippen molar-refractivity contribution < 1.29 is 0 Å². The van der Waals surface area contributed by atoms with Crippen molar-refractivity contribution in [1.82, 2.24) is 15.0 Å². The molecule has 0 aliphatic heterocycles. The summed E-state index contributed by atoms with van der Waals surface area (Å²) in [5.41, 5.74) is 5.60. The largest absolute Gasteiger partial charge is 0.368 e. The Kier molecular flexibility index (Phi) is 4.22. The number of aromatic nitrogens is 3. The summed E-state index contributed by atoms with van der Waals surface area (Å²) in [6, 6.07) is 0.477. The summed E-state index contributed by atoms with van der Waals surface area (Å²) in [7, 11) is 2.00. The molecular formula is C12H20ClN5. The maximum Gasteiger partial charge on any atom is 0.231 e. The highest BCUT2D eigenvalue weighted by molar-refractivity contribution is 6.28. The van der Waals surface area contributed by atoms with E-state index in [1.54, 1.807) is 0 Å². The van der Waals surface area contributed by atoms with Gasteiger partial charge in [0, 0.05) is 13.1 Å². The zero-order valence-corrected chi connectivity index (χ0v) is 11.7. The molecule has 1 fully saturated rings. The fourth-order valence-electron chi connectivity index (χ4n) is 2.62. The predicted octanol–water partition coefficient (Wildman–Crippen LogP) is 2.51. The van der Waals surface area contributed by atoms with Gasteiger partial charge in [-0.2, -0.15) is 15.0 Å². The number of nitrogens with two attached hydrogens (primary N) is 1. The number of hydrogen-bond donors (Lipinski definition) is 1. The van der Waals surface area contributed by atoms with Crippen LogP contribution in [0.3, 0.4) is 0 Å². The predicted molar refractivity (Wildman–Crippen MR) is 73.7 cm³/mol. The highest BCUT2D eigenvalue weighted by atomic mass is 35.5. The van der Waals surface area contributed by atoms with Crippen molar-refractivity contribution >= 4 is 23.5 Å². The van der Waals surface area contributed by atoms with Crippen molar-refractivity contribution in [3.63, 3.8) is 0 Å². The second kappa shape index (κ2) is 5.69. The standard InChI is InChI=1S/C12H20ClN5/c1-3-8-4-6-9(7-5-8)18(2)12-16-10(13)15-11(14)17-12/h8-9H,3-7H2,1-2H3,(H2,14,15,16,17). The minimum absolute atomic E-state index is 0.159. The Morgan fingerprint density at radius 1 is 1.22 bits per heavy atom. The van der Waals surface area contributed by atoms with E-state index in [2.05, 4.69) is 26.8 Å². The van der Waals surface area contributed by atoms with Gasteiger partial charge in [-0.3, -0.25) is 0 Å². The zero-order chi connectivity index (χ0) is 13.1. The highest BCUT2D eigenvalue weighted by Gasteiger charge is 2.24. The molecule has 1 saturated carbocycles. The second-order valence-electron chi connectivity index (χ2n) is 4.96. The third-order valence-corrected chi connectivity index (χ3v) is 4.04. The normalized spacial score (nSPS) is 23.9. The van der Waals surface area contributed by atoms with Crippen LogP contribution in [0.2, 0.25) is 5.28 Å². The monoisotopic (exact) mass is 269 g/mol. The van der Waals surface area contributed by atoms with Crippen LogP contribution in [0.1, 0.15) is 39.0 Å². The molecule has 1 aromatic rings. The quantitative estimate of drug-likeness (QED) is 0.913. The van der Waals surface area contributed by atoms with Crippen LogP contribution in [-0.4, -0.2) is 28.0 Å². The zero-order valence-electron chi connectivity index (χ0n) is 10.9. The first-order valence-corrected chi connectivity index (χ1v) is 6.87. The number of nitrogens with zero attached hydrogens (tertiary/aromatic N) is 4. The van der Waals surface area contributed by atoms with E-state index in [0.717, 1.165) is 5.92 Å². The molecule has 100 valence electrons. The second-order valence-corrected chi connectivity index (χ2v) is 5.29. The molecule has 0 saturated heterocycles. The minimum Gasteiger partial charge on any atom is -0.368 e. The Bertz CT molecular complexity index is 383. The van der Waals surface area contributed by atoms with Crippen LogP contribution in [0.25, 0.3) is 0 Å². The van der Waals surface area contributed by atoms with Gasteiger partial charge >= 0.3 is 0 Å². The lowest BCUT2D eigenvalue weighted by Crippen LogP contribution is -2.36. The van der Waals surface area contributed by atoms with E-state index in [-0.39, 0.29) is 11.2 Å². The van der Waals surface area contributed by atoms with Crippen molar-refractivity contribution in [2.45, 2.75) is 45.1 Å². The fourth-order valence-corrected chi connectivity index (χ4v) is 2.78. The Labute approximate surface area is 113 Å². The smallest absolute Gasteiger partial charge is 0.231 e. The van der Waals surface area contributed by atoms with Crippen molar-refractivity contribution in [1.29, 1.82) is 0 Å². The molecule has 1 aromatic heterocycles. The van der Waals surface area contributed by atoms with Crippen molar-refractivity contribution in [2.24, 2.45) is 5.92 Å². The highest BCUT2D eigenvalue weighted by Crippen LogP contribution is 2.30. The molecule has 0 bridgehead atoms. The molecule has 1 aliphatic carbocycles. The lowest BCUT2D eigenvalue weighted by atomic mass is 9.84. The summed E-state index contributed by atoms with van der Waals surface area (Å²) in [6.45, 7) is 2.27. The summed E-state index contributed by atoms with van der Waals surface area (Å²) in [4.78, 5) is 14.1. The van der Waals surface area contributed by atoms with Crippen LogP contribution < -0.4 is 10.6 Å². The van der Waals surface area contributed by atoms with Crippen molar-refractivity contribution in [3.05, 3.63) is 5.28 Å². The molecule has 18 heavy (non-hydrogen) atoms. The minimum atomic E-state index is 0.159. The van der Waals surface area contributed by atoms with Gasteiger partial charge in [0.25, 0.3) is 0 Å². The van der Waals surface area contributed by atoms with Crippen molar-refractivity contribution in [3.8, 4) is 0 Å². The molecule has 0 amide bonds. The van der Waals surface area contributed by atoms with E-state index in [9.17, 15) is 0 Å². The Balaban J connectivity index is 2.05. The number of rotatable bonds is 3. The summed E-state index contributed by atoms with van der Waals surface area (Å²) < 4.78 is 0. The van der Waals surface area contributed by atoms with Crippen LogP contribution in [0, 0.1) is 5.92 Å². The van der Waals surface area contributed by atoms with Gasteiger partial charge in [-0.1, -0.05) is 13.3 Å². The molecule has 1 heterocycles. The van der Waals surface area contributed by atoms with E-state index in [1.165, 1.54) is 32.1 Å². The van der Waals surface area contributed by atoms with Gasteiger partial charge in [-0.25, -0.2) is 0 Å². The van der Waals surface area contributed by atoms with Gasteiger partial charge < -0.3 is 10.6 Å². The molecule has 6 heteroatoms. The molecule has 0 unspecified atom stereocenters. The number of halogens is 1. The molecule has 0 radical (unpaired) electrons. The van der Waals surface area contributed by atoms with Gasteiger partial charge in [0.15, 0.2) is 0 Å². The van der Waals surface area contributed by atoms with E-state index in [4.69, 9.17) is 17.3 Å². The molecular weight excluding hydrogens is 250 g/mol. The molecule has 0 aromatic carbocycles. The third-order valence-electron chi connectivity index (χ3n) is 3.87. The van der Waals surface area contributed by atoms with Crippen LogP contribution >= 0.6 is 11.6 Å². The third kappa shape index (κ3) is 3.02. The fraction of sp³-hybridized carbons (Fsp3) is 0.750. The maximum atomic E-state index is 5.81. The average molecular weight is 270 g/mol. The van der Waals surface area contributed by atoms with Gasteiger partial charge in [0.1, 0.15) is 0 Å². The summed E-state index contributed by atoms with van der Waals surface area (Å²) >= 11 is 5.81. The average Bonchev–Trinajstić information content (AvgIpc) is 2.37. The molecule has 2 N–H and O–H groups in total. The molecule has 5 nitrogen and oxygen atoms in total. The topological polar surface area (TPSA) is 67.9 Å². The van der Waals surface area contributed by atoms with Crippen LogP contribution in [0.4, 0.5) is 11.9 Å². The van der Waals surface area contributed by atoms with E-state index in [1.807, 2.05) is 7.05 Å². The Morgan fingerprint density at radius 3 is 2.44 bits per heavy atom. The molecule has 0 spiro atoms. The van der Waals surface area contributed by atoms with E-state index < -0.39 is 0 Å². The first kappa shape index (κ1) is 13.3. The summed E-state index contributed by atoms with van der Waals surface area (Å²) in [5.74, 6) is 1.63. The van der Waals surface area contributed by atoms with Gasteiger partial charge in [0.2, 0.25) is 17.2 Å².